The summed E-state index contributed by atoms with van der Waals surface area (Å²) >= 11 is 0. The molecular weight excluding hydrogens is 120 g/mol. The highest BCUT2D eigenvalue weighted by molar-refractivity contribution is 5.84. The van der Waals surface area contributed by atoms with E-state index in [1.54, 1.807) is 13.0 Å². The van der Waals surface area contributed by atoms with Crippen LogP contribution in [0.3, 0.4) is 0 Å². The summed E-state index contributed by atoms with van der Waals surface area (Å²) in [4.78, 5) is 10.3. The molecule has 0 amide bonds. The molecule has 9 heavy (non-hydrogen) atoms. The Kier molecular flexibility index (Phi) is 1.53. The zero-order chi connectivity index (χ0) is 6.85. The largest absolute Gasteiger partial charge is 0.452 e. The number of cyclic esters (lactones) is 1. The first-order valence-electron chi connectivity index (χ1n) is 2.77. The molecule has 0 aliphatic carbocycles. The van der Waals surface area contributed by atoms with Crippen molar-refractivity contribution in [2.75, 3.05) is 0 Å². The van der Waals surface area contributed by atoms with Crippen molar-refractivity contribution in [2.24, 2.45) is 0 Å². The van der Waals surface area contributed by atoms with Gasteiger partial charge in [0.15, 0.2) is 0 Å². The Balaban J connectivity index is 2.50. The SMILES string of the molecule is C[C@@H](O)[C@@H]1C=CC(=O)O1. The quantitative estimate of drug-likeness (QED) is 0.499. The predicted octanol–water partition coefficient (Wildman–Crippen LogP) is -0.151. The van der Waals surface area contributed by atoms with E-state index < -0.39 is 12.2 Å². The fourth-order valence-corrected chi connectivity index (χ4v) is 0.645. The number of carbonyl (C=O) groups excluding carboxylic acids is 1. The molecule has 0 radical (unpaired) electrons. The molecule has 0 unspecified atom stereocenters. The van der Waals surface area contributed by atoms with Crippen molar-refractivity contribution in [3.63, 3.8) is 0 Å². The molecule has 0 bridgehead atoms. The number of carbonyl (C=O) groups is 1. The lowest BCUT2D eigenvalue weighted by atomic mass is 10.2. The molecule has 1 heterocycles. The van der Waals surface area contributed by atoms with Gasteiger partial charge in [0.1, 0.15) is 6.10 Å². The minimum Gasteiger partial charge on any atom is -0.452 e. The van der Waals surface area contributed by atoms with Crippen LogP contribution in [-0.4, -0.2) is 23.3 Å². The average Bonchev–Trinajstić information content (AvgIpc) is 2.14. The Labute approximate surface area is 52.9 Å². The summed E-state index contributed by atoms with van der Waals surface area (Å²) in [5.74, 6) is -0.374. The van der Waals surface area contributed by atoms with Gasteiger partial charge < -0.3 is 9.84 Å². The zero-order valence-electron chi connectivity index (χ0n) is 5.07. The van der Waals surface area contributed by atoms with Crippen LogP contribution in [0.2, 0.25) is 0 Å². The zero-order valence-corrected chi connectivity index (χ0v) is 5.07. The van der Waals surface area contributed by atoms with E-state index in [4.69, 9.17) is 5.11 Å². The van der Waals surface area contributed by atoms with E-state index in [0.29, 0.717) is 0 Å². The van der Waals surface area contributed by atoms with Gasteiger partial charge in [0.05, 0.1) is 6.10 Å². The molecule has 0 spiro atoms. The normalized spacial score (nSPS) is 28.2. The molecule has 50 valence electrons. The lowest BCUT2D eigenvalue weighted by Crippen LogP contribution is -2.21. The second kappa shape index (κ2) is 2.19. The summed E-state index contributed by atoms with van der Waals surface area (Å²) < 4.78 is 4.62. The molecule has 0 aromatic rings. The molecule has 1 aliphatic rings. The number of ether oxygens (including phenoxy) is 1. The van der Waals surface area contributed by atoms with Crippen LogP contribution < -0.4 is 0 Å². The van der Waals surface area contributed by atoms with E-state index in [0.717, 1.165) is 0 Å². The van der Waals surface area contributed by atoms with Crippen molar-refractivity contribution < 1.29 is 14.6 Å². The minimum absolute atomic E-state index is 0.374. The summed E-state index contributed by atoms with van der Waals surface area (Å²) in [6, 6.07) is 0. The first kappa shape index (κ1) is 6.29. The first-order chi connectivity index (χ1) is 4.20. The molecule has 0 saturated heterocycles. The molecular formula is C6H8O3. The minimum atomic E-state index is -0.604. The number of esters is 1. The van der Waals surface area contributed by atoms with Crippen molar-refractivity contribution in [3.8, 4) is 0 Å². The maximum Gasteiger partial charge on any atom is 0.331 e. The van der Waals surface area contributed by atoms with Gasteiger partial charge in [0.25, 0.3) is 0 Å². The van der Waals surface area contributed by atoms with Gasteiger partial charge in [0, 0.05) is 6.08 Å². The monoisotopic (exact) mass is 128 g/mol. The number of aliphatic hydroxyl groups is 1. The Morgan fingerprint density at radius 2 is 2.56 bits per heavy atom. The van der Waals surface area contributed by atoms with Gasteiger partial charge in [-0.25, -0.2) is 4.79 Å². The fourth-order valence-electron chi connectivity index (χ4n) is 0.645. The molecule has 1 N–H and O–H groups in total. The predicted molar refractivity (Wildman–Crippen MR) is 30.7 cm³/mol. The summed E-state index contributed by atoms with van der Waals surface area (Å²) in [5.41, 5.74) is 0. The van der Waals surface area contributed by atoms with E-state index in [1.165, 1.54) is 6.08 Å². The highest BCUT2D eigenvalue weighted by Gasteiger charge is 2.20. The van der Waals surface area contributed by atoms with E-state index in [2.05, 4.69) is 4.74 Å². The third kappa shape index (κ3) is 1.29. The molecule has 1 aliphatic heterocycles. The molecule has 3 nitrogen and oxygen atoms in total. The lowest BCUT2D eigenvalue weighted by molar-refractivity contribution is -0.142. The Morgan fingerprint density at radius 3 is 2.78 bits per heavy atom. The van der Waals surface area contributed by atoms with Crippen LogP contribution in [0.15, 0.2) is 12.2 Å². The Bertz CT molecular complexity index is 148. The van der Waals surface area contributed by atoms with Crippen molar-refractivity contribution in [1.29, 1.82) is 0 Å². The van der Waals surface area contributed by atoms with Crippen LogP contribution in [0.5, 0.6) is 0 Å². The van der Waals surface area contributed by atoms with E-state index >= 15 is 0 Å². The molecule has 0 aromatic carbocycles. The third-order valence-corrected chi connectivity index (χ3v) is 1.15. The van der Waals surface area contributed by atoms with Crippen molar-refractivity contribution in [1.82, 2.24) is 0 Å². The van der Waals surface area contributed by atoms with Gasteiger partial charge in [-0.05, 0) is 13.0 Å². The molecule has 0 fully saturated rings. The highest BCUT2D eigenvalue weighted by Crippen LogP contribution is 2.08. The Hall–Kier alpha value is -0.830. The van der Waals surface area contributed by atoms with Crippen LogP contribution in [0.4, 0.5) is 0 Å². The first-order valence-corrected chi connectivity index (χ1v) is 2.77. The van der Waals surface area contributed by atoms with Gasteiger partial charge in [-0.1, -0.05) is 0 Å². The van der Waals surface area contributed by atoms with Gasteiger partial charge in [0.2, 0.25) is 0 Å². The molecule has 2 atom stereocenters. The Morgan fingerprint density at radius 1 is 1.89 bits per heavy atom. The summed E-state index contributed by atoms with van der Waals surface area (Å²) in [7, 11) is 0. The summed E-state index contributed by atoms with van der Waals surface area (Å²) in [5, 5.41) is 8.84. The standard InChI is InChI=1S/C6H8O3/c1-4(7)5-2-3-6(8)9-5/h2-5,7H,1H3/t4-,5+/m1/s1. The lowest BCUT2D eigenvalue weighted by Gasteiger charge is -2.09. The van der Waals surface area contributed by atoms with Crippen LogP contribution in [-0.2, 0) is 9.53 Å². The fraction of sp³-hybridized carbons (Fsp3) is 0.500. The van der Waals surface area contributed by atoms with E-state index in [-0.39, 0.29) is 5.97 Å². The van der Waals surface area contributed by atoms with Crippen LogP contribution >= 0.6 is 0 Å². The molecule has 0 saturated carbocycles. The number of aliphatic hydroxyl groups excluding tert-OH is 1. The summed E-state index contributed by atoms with van der Waals surface area (Å²) in [6.07, 6.45) is 1.83. The molecule has 3 heteroatoms. The van der Waals surface area contributed by atoms with Gasteiger partial charge >= 0.3 is 5.97 Å². The van der Waals surface area contributed by atoms with E-state index in [1.807, 2.05) is 0 Å². The van der Waals surface area contributed by atoms with Gasteiger partial charge in [-0.2, -0.15) is 0 Å². The van der Waals surface area contributed by atoms with Crippen molar-refractivity contribution in [2.45, 2.75) is 19.1 Å². The summed E-state index contributed by atoms with van der Waals surface area (Å²) in [6.45, 7) is 1.58. The smallest absolute Gasteiger partial charge is 0.331 e. The average molecular weight is 128 g/mol. The van der Waals surface area contributed by atoms with Crippen LogP contribution in [0.1, 0.15) is 6.92 Å². The second-order valence-electron chi connectivity index (χ2n) is 2.00. The maximum atomic E-state index is 10.3. The van der Waals surface area contributed by atoms with Crippen LogP contribution in [0, 0.1) is 0 Å². The molecule has 1 rings (SSSR count). The van der Waals surface area contributed by atoms with Crippen molar-refractivity contribution in [3.05, 3.63) is 12.2 Å². The maximum absolute atomic E-state index is 10.3. The highest BCUT2D eigenvalue weighted by atomic mass is 16.6. The number of hydrogen-bond donors (Lipinski definition) is 1. The van der Waals surface area contributed by atoms with Gasteiger partial charge in [-0.3, -0.25) is 0 Å². The van der Waals surface area contributed by atoms with Crippen molar-refractivity contribution >= 4 is 5.97 Å². The number of hydrogen-bond acceptors (Lipinski definition) is 3. The van der Waals surface area contributed by atoms with Crippen LogP contribution in [0.25, 0.3) is 0 Å². The third-order valence-electron chi connectivity index (χ3n) is 1.15. The second-order valence-corrected chi connectivity index (χ2v) is 2.00. The number of rotatable bonds is 1. The molecule has 0 aromatic heterocycles. The topological polar surface area (TPSA) is 46.5 Å². The van der Waals surface area contributed by atoms with E-state index in [9.17, 15) is 4.79 Å². The van der Waals surface area contributed by atoms with Gasteiger partial charge in [-0.15, -0.1) is 0 Å².